The van der Waals surface area contributed by atoms with Gasteiger partial charge in [-0.3, -0.25) is 4.79 Å². The van der Waals surface area contributed by atoms with Gasteiger partial charge in [0.05, 0.1) is 12.3 Å². The lowest BCUT2D eigenvalue weighted by atomic mass is 10.1. The molecule has 0 unspecified atom stereocenters. The second kappa shape index (κ2) is 7.32. The van der Waals surface area contributed by atoms with Gasteiger partial charge < -0.3 is 15.4 Å². The highest BCUT2D eigenvalue weighted by Crippen LogP contribution is 2.30. The number of rotatable bonds is 4. The molecular weight excluding hydrogens is 322 g/mol. The molecule has 1 saturated heterocycles. The lowest BCUT2D eigenvalue weighted by molar-refractivity contribution is 0.0718. The van der Waals surface area contributed by atoms with E-state index in [0.29, 0.717) is 6.61 Å². The van der Waals surface area contributed by atoms with Gasteiger partial charge in [0, 0.05) is 24.7 Å². The van der Waals surface area contributed by atoms with E-state index in [2.05, 4.69) is 4.98 Å². The van der Waals surface area contributed by atoms with Gasteiger partial charge in [0.15, 0.2) is 0 Å². The van der Waals surface area contributed by atoms with Crippen molar-refractivity contribution < 1.29 is 9.53 Å². The maximum atomic E-state index is 12.7. The number of thiazole rings is 1. The van der Waals surface area contributed by atoms with Gasteiger partial charge in [0.1, 0.15) is 15.6 Å². The molecule has 1 aromatic carbocycles. The van der Waals surface area contributed by atoms with Crippen LogP contribution >= 0.6 is 11.3 Å². The summed E-state index contributed by atoms with van der Waals surface area (Å²) in [6, 6.07) is 8.05. The molecule has 0 atom stereocenters. The summed E-state index contributed by atoms with van der Waals surface area (Å²) < 4.78 is 5.46. The van der Waals surface area contributed by atoms with Crippen LogP contribution in [0.5, 0.6) is 5.75 Å². The third-order valence-electron chi connectivity index (χ3n) is 4.23. The average Bonchev–Trinajstić information content (AvgIpc) is 2.98. The van der Waals surface area contributed by atoms with E-state index in [1.54, 1.807) is 0 Å². The quantitative estimate of drug-likeness (QED) is 0.924. The molecule has 128 valence electrons. The van der Waals surface area contributed by atoms with E-state index in [4.69, 9.17) is 10.5 Å². The number of carbonyl (C=O) groups excluding carboxylic acids is 1. The highest BCUT2D eigenvalue weighted by Gasteiger charge is 2.25. The van der Waals surface area contributed by atoms with Gasteiger partial charge in [-0.25, -0.2) is 4.98 Å². The summed E-state index contributed by atoms with van der Waals surface area (Å²) in [7, 11) is 0. The highest BCUT2D eigenvalue weighted by molar-refractivity contribution is 7.17. The fourth-order valence-corrected chi connectivity index (χ4v) is 3.86. The molecule has 6 heteroatoms. The molecule has 24 heavy (non-hydrogen) atoms. The van der Waals surface area contributed by atoms with Gasteiger partial charge in [-0.2, -0.15) is 0 Å². The largest absolute Gasteiger partial charge is 0.494 e. The first kappa shape index (κ1) is 16.9. The first-order valence-electron chi connectivity index (χ1n) is 8.34. The molecule has 0 aliphatic carbocycles. The predicted octanol–water partition coefficient (Wildman–Crippen LogP) is 3.08. The number of aryl methyl sites for hydroxylation is 1. The Hall–Kier alpha value is -1.92. The molecule has 0 bridgehead atoms. The number of ether oxygens (including phenoxy) is 1. The zero-order valence-corrected chi connectivity index (χ0v) is 14.9. The summed E-state index contributed by atoms with van der Waals surface area (Å²) in [5, 5.41) is 0.868. The van der Waals surface area contributed by atoms with Crippen molar-refractivity contribution in [3.8, 4) is 16.3 Å². The predicted molar refractivity (Wildman–Crippen MR) is 96.6 cm³/mol. The summed E-state index contributed by atoms with van der Waals surface area (Å²) in [6.07, 6.45) is 1.74. The van der Waals surface area contributed by atoms with Crippen LogP contribution in [-0.4, -0.2) is 41.5 Å². The Labute approximate surface area is 146 Å². The molecule has 0 spiro atoms. The van der Waals surface area contributed by atoms with Crippen LogP contribution in [0.4, 0.5) is 0 Å². The van der Waals surface area contributed by atoms with Gasteiger partial charge in [0.2, 0.25) is 0 Å². The van der Waals surface area contributed by atoms with Crippen molar-refractivity contribution in [1.82, 2.24) is 9.88 Å². The Morgan fingerprint density at radius 3 is 2.62 bits per heavy atom. The normalized spacial score (nSPS) is 15.5. The van der Waals surface area contributed by atoms with Crippen molar-refractivity contribution in [2.24, 2.45) is 5.73 Å². The van der Waals surface area contributed by atoms with Crippen LogP contribution in [0, 0.1) is 6.92 Å². The molecule has 1 amide bonds. The van der Waals surface area contributed by atoms with Gasteiger partial charge in [0.25, 0.3) is 5.91 Å². The Morgan fingerprint density at radius 2 is 2.00 bits per heavy atom. The molecule has 2 N–H and O–H groups in total. The summed E-state index contributed by atoms with van der Waals surface area (Å²) in [4.78, 5) is 20.0. The number of carbonyl (C=O) groups is 1. The van der Waals surface area contributed by atoms with E-state index in [1.165, 1.54) is 11.3 Å². The molecule has 0 saturated carbocycles. The Morgan fingerprint density at radius 1 is 1.33 bits per heavy atom. The van der Waals surface area contributed by atoms with Crippen LogP contribution in [-0.2, 0) is 0 Å². The molecule has 0 radical (unpaired) electrons. The molecule has 3 rings (SSSR count). The zero-order valence-electron chi connectivity index (χ0n) is 14.1. The molecule has 1 fully saturated rings. The number of hydrogen-bond acceptors (Lipinski definition) is 5. The van der Waals surface area contributed by atoms with E-state index in [9.17, 15) is 4.79 Å². The summed E-state index contributed by atoms with van der Waals surface area (Å²) >= 11 is 1.46. The molecule has 1 aliphatic rings. The maximum absolute atomic E-state index is 12.7. The Kier molecular flexibility index (Phi) is 5.16. The van der Waals surface area contributed by atoms with Gasteiger partial charge in [-0.05, 0) is 51.0 Å². The van der Waals surface area contributed by atoms with E-state index in [1.807, 2.05) is 43.0 Å². The van der Waals surface area contributed by atoms with Crippen molar-refractivity contribution in [2.45, 2.75) is 32.7 Å². The topological polar surface area (TPSA) is 68.5 Å². The van der Waals surface area contributed by atoms with E-state index < -0.39 is 0 Å². The number of benzene rings is 1. The maximum Gasteiger partial charge on any atom is 0.265 e. The number of amides is 1. The molecular formula is C18H23N3O2S. The molecule has 5 nitrogen and oxygen atoms in total. The molecule has 1 aromatic heterocycles. The van der Waals surface area contributed by atoms with Gasteiger partial charge >= 0.3 is 0 Å². The van der Waals surface area contributed by atoms with Crippen molar-refractivity contribution in [1.29, 1.82) is 0 Å². The standard InChI is InChI=1S/C18H23N3O2S/c1-3-23-15-6-4-13(5-7-15)17-20-12(2)16(24-17)18(22)21-10-8-14(19)9-11-21/h4-7,14H,3,8-11,19H2,1-2H3. The van der Waals surface area contributed by atoms with Crippen molar-refractivity contribution in [3.63, 3.8) is 0 Å². The van der Waals surface area contributed by atoms with Crippen LogP contribution < -0.4 is 10.5 Å². The van der Waals surface area contributed by atoms with Crippen LogP contribution in [0.3, 0.4) is 0 Å². The Balaban J connectivity index is 1.78. The van der Waals surface area contributed by atoms with Crippen molar-refractivity contribution in [3.05, 3.63) is 34.8 Å². The van der Waals surface area contributed by atoms with Crippen LogP contribution in [0.1, 0.15) is 35.1 Å². The number of hydrogen-bond donors (Lipinski definition) is 1. The summed E-state index contributed by atoms with van der Waals surface area (Å²) in [6.45, 7) is 5.97. The van der Waals surface area contributed by atoms with Crippen LogP contribution in [0.25, 0.3) is 10.6 Å². The monoisotopic (exact) mass is 345 g/mol. The van der Waals surface area contributed by atoms with Crippen LogP contribution in [0.15, 0.2) is 24.3 Å². The number of piperidine rings is 1. The highest BCUT2D eigenvalue weighted by atomic mass is 32.1. The molecule has 2 aromatic rings. The fourth-order valence-electron chi connectivity index (χ4n) is 2.82. The third kappa shape index (κ3) is 3.60. The van der Waals surface area contributed by atoms with E-state index >= 15 is 0 Å². The summed E-state index contributed by atoms with van der Waals surface area (Å²) in [5.41, 5.74) is 7.72. The van der Waals surface area contributed by atoms with Crippen LogP contribution in [0.2, 0.25) is 0 Å². The lowest BCUT2D eigenvalue weighted by Crippen LogP contribution is -2.42. The minimum absolute atomic E-state index is 0.0779. The van der Waals surface area contributed by atoms with E-state index in [-0.39, 0.29) is 11.9 Å². The Bertz CT molecular complexity index is 704. The first-order chi connectivity index (χ1) is 11.6. The van der Waals surface area contributed by atoms with Crippen molar-refractivity contribution in [2.75, 3.05) is 19.7 Å². The first-order valence-corrected chi connectivity index (χ1v) is 9.15. The van der Waals surface area contributed by atoms with Crippen molar-refractivity contribution >= 4 is 17.2 Å². The number of likely N-dealkylation sites (tertiary alicyclic amines) is 1. The number of aromatic nitrogens is 1. The number of nitrogens with two attached hydrogens (primary N) is 1. The molecule has 1 aliphatic heterocycles. The smallest absolute Gasteiger partial charge is 0.265 e. The lowest BCUT2D eigenvalue weighted by Gasteiger charge is -2.29. The second-order valence-corrected chi connectivity index (χ2v) is 7.02. The summed E-state index contributed by atoms with van der Waals surface area (Å²) in [5.74, 6) is 0.921. The fraction of sp³-hybridized carbons (Fsp3) is 0.444. The number of nitrogens with zero attached hydrogens (tertiary/aromatic N) is 2. The minimum atomic E-state index is 0.0779. The third-order valence-corrected chi connectivity index (χ3v) is 5.42. The SMILES string of the molecule is CCOc1ccc(-c2nc(C)c(C(=O)N3CCC(N)CC3)s2)cc1. The average molecular weight is 345 g/mol. The zero-order chi connectivity index (χ0) is 17.1. The molecule has 2 heterocycles. The van der Waals surface area contributed by atoms with Gasteiger partial charge in [-0.1, -0.05) is 0 Å². The minimum Gasteiger partial charge on any atom is -0.494 e. The van der Waals surface area contributed by atoms with Gasteiger partial charge in [-0.15, -0.1) is 11.3 Å². The second-order valence-electron chi connectivity index (χ2n) is 6.02. The van der Waals surface area contributed by atoms with E-state index in [0.717, 1.165) is 52.8 Å².